The highest BCUT2D eigenvalue weighted by molar-refractivity contribution is 8.00. The molecule has 0 aliphatic carbocycles. The van der Waals surface area contributed by atoms with Crippen molar-refractivity contribution in [1.82, 2.24) is 0 Å². The van der Waals surface area contributed by atoms with Gasteiger partial charge in [0.2, 0.25) is 5.91 Å². The molecule has 5 heteroatoms. The lowest BCUT2D eigenvalue weighted by atomic mass is 10.1. The number of thioether (sulfide) groups is 1. The Morgan fingerprint density at radius 3 is 3.12 bits per heavy atom. The van der Waals surface area contributed by atoms with Crippen molar-refractivity contribution in [2.75, 3.05) is 11.1 Å². The number of carboxylic acid groups (broad SMARTS) is 1. The van der Waals surface area contributed by atoms with E-state index in [4.69, 9.17) is 5.11 Å². The van der Waals surface area contributed by atoms with Crippen LogP contribution in [0.25, 0.3) is 0 Å². The van der Waals surface area contributed by atoms with E-state index in [0.29, 0.717) is 12.2 Å². The molecule has 0 unspecified atom stereocenters. The van der Waals surface area contributed by atoms with E-state index in [0.717, 1.165) is 22.2 Å². The second kappa shape index (κ2) is 5.05. The first kappa shape index (κ1) is 11.7. The summed E-state index contributed by atoms with van der Waals surface area (Å²) in [6.45, 7) is 0. The Balaban J connectivity index is 2.11. The molecule has 1 aromatic carbocycles. The van der Waals surface area contributed by atoms with Gasteiger partial charge in [0.15, 0.2) is 0 Å². The number of benzene rings is 1. The van der Waals surface area contributed by atoms with Crippen molar-refractivity contribution in [3.63, 3.8) is 0 Å². The van der Waals surface area contributed by atoms with E-state index < -0.39 is 5.97 Å². The van der Waals surface area contributed by atoms with Crippen LogP contribution in [0.4, 0.5) is 5.69 Å². The monoisotopic (exact) mass is 249 g/mol. The second-order valence-electron chi connectivity index (χ2n) is 3.61. The lowest BCUT2D eigenvalue weighted by Crippen LogP contribution is -2.18. The van der Waals surface area contributed by atoms with Crippen LogP contribution < -0.4 is 5.32 Å². The molecule has 2 N–H and O–H groups in total. The first-order valence-electron chi connectivity index (χ1n) is 5.10. The van der Waals surface area contributed by atoms with Crippen LogP contribution in [0.2, 0.25) is 0 Å². The number of aliphatic carboxylic acids is 1. The van der Waals surface area contributed by atoms with E-state index in [-0.39, 0.29) is 5.91 Å². The molecule has 0 radical (unpaired) electrons. The van der Waals surface area contributed by atoms with Gasteiger partial charge in [-0.2, -0.15) is 0 Å². The minimum atomic E-state index is -0.940. The molecule has 1 amide bonds. The smallest absolute Gasteiger partial charge is 0.327 e. The SMILES string of the molecule is O=C(O)/C=C/Cc1ccc2c(c1)SCC(=O)N2. The molecule has 0 fully saturated rings. The summed E-state index contributed by atoms with van der Waals surface area (Å²) in [6.07, 6.45) is 3.32. The molecule has 17 heavy (non-hydrogen) atoms. The predicted octanol–water partition coefficient (Wildman–Crippen LogP) is 1.91. The molecule has 1 aliphatic heterocycles. The summed E-state index contributed by atoms with van der Waals surface area (Å²) < 4.78 is 0. The number of hydrogen-bond donors (Lipinski definition) is 2. The Hall–Kier alpha value is -1.75. The van der Waals surface area contributed by atoms with Gasteiger partial charge in [-0.05, 0) is 24.1 Å². The molecule has 0 bridgehead atoms. The van der Waals surface area contributed by atoms with Gasteiger partial charge in [-0.15, -0.1) is 11.8 Å². The third kappa shape index (κ3) is 3.10. The number of hydrogen-bond acceptors (Lipinski definition) is 3. The zero-order chi connectivity index (χ0) is 12.3. The number of carboxylic acids is 1. The van der Waals surface area contributed by atoms with E-state index in [1.54, 1.807) is 6.08 Å². The number of fused-ring (bicyclic) bond motifs is 1. The van der Waals surface area contributed by atoms with Gasteiger partial charge in [0.1, 0.15) is 0 Å². The number of nitrogens with one attached hydrogen (secondary N) is 1. The van der Waals surface area contributed by atoms with Crippen LogP contribution in [0.5, 0.6) is 0 Å². The zero-order valence-electron chi connectivity index (χ0n) is 8.97. The third-order valence-electron chi connectivity index (χ3n) is 2.29. The summed E-state index contributed by atoms with van der Waals surface area (Å²) in [4.78, 5) is 22.5. The molecule has 0 saturated heterocycles. The molecular weight excluding hydrogens is 238 g/mol. The number of anilines is 1. The van der Waals surface area contributed by atoms with Gasteiger partial charge in [-0.1, -0.05) is 12.1 Å². The molecule has 2 rings (SSSR count). The molecule has 0 saturated carbocycles. The summed E-state index contributed by atoms with van der Waals surface area (Å²) >= 11 is 1.50. The number of amides is 1. The lowest BCUT2D eigenvalue weighted by Gasteiger charge is -2.16. The van der Waals surface area contributed by atoms with Crippen molar-refractivity contribution in [2.45, 2.75) is 11.3 Å². The summed E-state index contributed by atoms with van der Waals surface area (Å²) in [5, 5.41) is 11.3. The highest BCUT2D eigenvalue weighted by Gasteiger charge is 2.14. The lowest BCUT2D eigenvalue weighted by molar-refractivity contribution is -0.131. The van der Waals surface area contributed by atoms with Gasteiger partial charge in [-0.25, -0.2) is 4.79 Å². The summed E-state index contributed by atoms with van der Waals surface area (Å²) in [5.41, 5.74) is 1.86. The van der Waals surface area contributed by atoms with Crippen LogP contribution in [0.3, 0.4) is 0 Å². The predicted molar refractivity (Wildman–Crippen MR) is 66.3 cm³/mol. The van der Waals surface area contributed by atoms with Gasteiger partial charge < -0.3 is 10.4 Å². The summed E-state index contributed by atoms with van der Waals surface area (Å²) in [5.74, 6) is -0.493. The fourth-order valence-corrected chi connectivity index (χ4v) is 2.41. The van der Waals surface area contributed by atoms with Crippen molar-refractivity contribution in [1.29, 1.82) is 0 Å². The van der Waals surface area contributed by atoms with Gasteiger partial charge in [0, 0.05) is 11.0 Å². The number of carbonyl (C=O) groups excluding carboxylic acids is 1. The van der Waals surface area contributed by atoms with Crippen LogP contribution in [0.15, 0.2) is 35.2 Å². The normalized spacial score (nSPS) is 14.5. The average molecular weight is 249 g/mol. The Morgan fingerprint density at radius 2 is 2.35 bits per heavy atom. The van der Waals surface area contributed by atoms with Crippen molar-refractivity contribution in [3.05, 3.63) is 35.9 Å². The van der Waals surface area contributed by atoms with Crippen LogP contribution in [0.1, 0.15) is 5.56 Å². The van der Waals surface area contributed by atoms with Crippen LogP contribution in [-0.4, -0.2) is 22.7 Å². The highest BCUT2D eigenvalue weighted by Crippen LogP contribution is 2.32. The second-order valence-corrected chi connectivity index (χ2v) is 4.63. The zero-order valence-corrected chi connectivity index (χ0v) is 9.79. The standard InChI is InChI=1S/C12H11NO3S/c14-11-7-17-10-6-8(2-1-3-12(15)16)4-5-9(10)13-11/h1,3-6H,2,7H2,(H,13,14)(H,15,16)/b3-1+. The van der Waals surface area contributed by atoms with Crippen LogP contribution in [0, 0.1) is 0 Å². The molecule has 88 valence electrons. The number of carbonyl (C=O) groups is 2. The number of allylic oxidation sites excluding steroid dienone is 1. The van der Waals surface area contributed by atoms with Crippen LogP contribution >= 0.6 is 11.8 Å². The van der Waals surface area contributed by atoms with E-state index in [2.05, 4.69) is 5.32 Å². The Kier molecular flexibility index (Phi) is 3.49. The maximum Gasteiger partial charge on any atom is 0.327 e. The van der Waals surface area contributed by atoms with Crippen LogP contribution in [-0.2, 0) is 16.0 Å². The minimum absolute atomic E-state index is 0.0148. The molecule has 1 aliphatic rings. The largest absolute Gasteiger partial charge is 0.478 e. The topological polar surface area (TPSA) is 66.4 Å². The van der Waals surface area contributed by atoms with E-state index >= 15 is 0 Å². The average Bonchev–Trinajstić information content (AvgIpc) is 2.29. The van der Waals surface area contributed by atoms with Gasteiger partial charge in [-0.3, -0.25) is 4.79 Å². The quantitative estimate of drug-likeness (QED) is 0.803. The van der Waals surface area contributed by atoms with E-state index in [1.165, 1.54) is 11.8 Å². The van der Waals surface area contributed by atoms with Crippen molar-refractivity contribution < 1.29 is 14.7 Å². The highest BCUT2D eigenvalue weighted by atomic mass is 32.2. The van der Waals surface area contributed by atoms with Crippen molar-refractivity contribution >= 4 is 29.3 Å². The molecule has 0 spiro atoms. The van der Waals surface area contributed by atoms with Crippen molar-refractivity contribution in [2.24, 2.45) is 0 Å². The third-order valence-corrected chi connectivity index (χ3v) is 3.35. The molecule has 1 heterocycles. The fourth-order valence-electron chi connectivity index (χ4n) is 1.54. The molecular formula is C12H11NO3S. The molecule has 0 aromatic heterocycles. The Morgan fingerprint density at radius 1 is 1.53 bits per heavy atom. The first-order chi connectivity index (χ1) is 8.15. The molecule has 0 atom stereocenters. The van der Waals surface area contributed by atoms with Gasteiger partial charge in [0.25, 0.3) is 0 Å². The summed E-state index contributed by atoms with van der Waals surface area (Å²) in [7, 11) is 0. The van der Waals surface area contributed by atoms with E-state index in [9.17, 15) is 9.59 Å². The molecule has 4 nitrogen and oxygen atoms in total. The maximum absolute atomic E-state index is 11.1. The van der Waals surface area contributed by atoms with Gasteiger partial charge >= 0.3 is 5.97 Å². The number of rotatable bonds is 3. The Labute approximate surface area is 103 Å². The van der Waals surface area contributed by atoms with Crippen molar-refractivity contribution in [3.8, 4) is 0 Å². The summed E-state index contributed by atoms with van der Waals surface area (Å²) in [6, 6.07) is 5.71. The Bertz CT molecular complexity index is 497. The van der Waals surface area contributed by atoms with Gasteiger partial charge in [0.05, 0.1) is 11.4 Å². The molecule has 1 aromatic rings. The maximum atomic E-state index is 11.1. The first-order valence-corrected chi connectivity index (χ1v) is 6.09. The fraction of sp³-hybridized carbons (Fsp3) is 0.167. The van der Waals surface area contributed by atoms with E-state index in [1.807, 2.05) is 18.2 Å². The minimum Gasteiger partial charge on any atom is -0.478 e.